The van der Waals surface area contributed by atoms with E-state index in [9.17, 15) is 9.59 Å². The second-order valence-corrected chi connectivity index (χ2v) is 6.31. The normalized spacial score (nSPS) is 21.9. The van der Waals surface area contributed by atoms with Crippen LogP contribution in [0.3, 0.4) is 0 Å². The Morgan fingerprint density at radius 3 is 2.61 bits per heavy atom. The summed E-state index contributed by atoms with van der Waals surface area (Å²) in [5.41, 5.74) is 1.05. The molecule has 1 aromatic rings. The third-order valence-electron chi connectivity index (χ3n) is 4.31. The molecule has 2 unspecified atom stereocenters. The lowest BCUT2D eigenvalue weighted by Gasteiger charge is -2.25. The lowest BCUT2D eigenvalue weighted by molar-refractivity contribution is -0.146. The van der Waals surface area contributed by atoms with Crippen molar-refractivity contribution in [3.05, 3.63) is 23.8 Å². The number of rotatable bonds is 5. The topological polar surface area (TPSA) is 76.1 Å². The maximum absolute atomic E-state index is 12.6. The van der Waals surface area contributed by atoms with Gasteiger partial charge in [-0.15, -0.1) is 0 Å². The first-order chi connectivity index (χ1) is 11.0. The SMILES string of the molecule is CC(C)N(CC(=O)O)C(=O)C1CC1c1ccc2c(c1)OCCO2. The predicted molar refractivity (Wildman–Crippen MR) is 82.8 cm³/mol. The standard InChI is InChI=1S/C17H21NO5/c1-10(2)18(9-16(19)20)17(21)13-8-12(13)11-3-4-14-15(7-11)23-6-5-22-14/h3-4,7,10,12-13H,5-6,8-9H2,1-2H3,(H,19,20). The zero-order valence-corrected chi connectivity index (χ0v) is 13.3. The van der Waals surface area contributed by atoms with E-state index < -0.39 is 5.97 Å². The first kappa shape index (κ1) is 15.6. The molecule has 2 aliphatic rings. The van der Waals surface area contributed by atoms with Crippen molar-refractivity contribution >= 4 is 11.9 Å². The van der Waals surface area contributed by atoms with E-state index in [0.29, 0.717) is 13.2 Å². The molecule has 1 N–H and O–H groups in total. The summed E-state index contributed by atoms with van der Waals surface area (Å²) in [5, 5.41) is 8.97. The Kier molecular flexibility index (Phi) is 4.15. The number of benzene rings is 1. The Morgan fingerprint density at radius 1 is 1.26 bits per heavy atom. The Balaban J connectivity index is 1.70. The summed E-state index contributed by atoms with van der Waals surface area (Å²) in [5.74, 6) is 0.384. The van der Waals surface area contributed by atoms with Crippen molar-refractivity contribution < 1.29 is 24.2 Å². The minimum atomic E-state index is -0.983. The molecule has 1 aliphatic heterocycles. The van der Waals surface area contributed by atoms with Crippen molar-refractivity contribution in [3.8, 4) is 11.5 Å². The third-order valence-corrected chi connectivity index (χ3v) is 4.31. The fourth-order valence-electron chi connectivity index (χ4n) is 3.00. The quantitative estimate of drug-likeness (QED) is 0.897. The fraction of sp³-hybridized carbons (Fsp3) is 0.529. The molecule has 0 radical (unpaired) electrons. The molecule has 1 aromatic carbocycles. The molecule has 124 valence electrons. The van der Waals surface area contributed by atoms with Gasteiger partial charge in [0, 0.05) is 12.0 Å². The van der Waals surface area contributed by atoms with Crippen molar-refractivity contribution in [2.45, 2.75) is 32.2 Å². The number of carboxylic acid groups (broad SMARTS) is 1. The molecule has 1 heterocycles. The molecule has 6 nitrogen and oxygen atoms in total. The van der Waals surface area contributed by atoms with Gasteiger partial charge in [0.25, 0.3) is 0 Å². The molecule has 1 saturated carbocycles. The summed E-state index contributed by atoms with van der Waals surface area (Å²) in [7, 11) is 0. The molecule has 0 spiro atoms. The number of fused-ring (bicyclic) bond motifs is 1. The maximum Gasteiger partial charge on any atom is 0.323 e. The summed E-state index contributed by atoms with van der Waals surface area (Å²) < 4.78 is 11.1. The zero-order valence-electron chi connectivity index (χ0n) is 13.3. The second-order valence-electron chi connectivity index (χ2n) is 6.31. The van der Waals surface area contributed by atoms with Crippen LogP contribution in [0.2, 0.25) is 0 Å². The van der Waals surface area contributed by atoms with Gasteiger partial charge >= 0.3 is 5.97 Å². The van der Waals surface area contributed by atoms with Crippen LogP contribution in [0.4, 0.5) is 0 Å². The van der Waals surface area contributed by atoms with Gasteiger partial charge in [0.2, 0.25) is 5.91 Å². The average molecular weight is 319 g/mol. The number of amides is 1. The second kappa shape index (κ2) is 6.10. The number of aliphatic carboxylic acids is 1. The summed E-state index contributed by atoms with van der Waals surface area (Å²) >= 11 is 0. The van der Waals surface area contributed by atoms with Crippen molar-refractivity contribution in [1.29, 1.82) is 0 Å². The number of carbonyl (C=O) groups is 2. The van der Waals surface area contributed by atoms with E-state index in [1.54, 1.807) is 0 Å². The number of ether oxygens (including phenoxy) is 2. The highest BCUT2D eigenvalue weighted by Crippen LogP contribution is 2.50. The molecule has 1 aliphatic carbocycles. The Hall–Kier alpha value is -2.24. The number of nitrogens with zero attached hydrogens (tertiary/aromatic N) is 1. The highest BCUT2D eigenvalue weighted by atomic mass is 16.6. The molecular weight excluding hydrogens is 298 g/mol. The largest absolute Gasteiger partial charge is 0.486 e. The van der Waals surface area contributed by atoms with Gasteiger partial charge in [-0.1, -0.05) is 6.07 Å². The van der Waals surface area contributed by atoms with E-state index >= 15 is 0 Å². The third kappa shape index (κ3) is 3.25. The van der Waals surface area contributed by atoms with E-state index in [2.05, 4.69) is 0 Å². The highest BCUT2D eigenvalue weighted by Gasteiger charge is 2.46. The van der Waals surface area contributed by atoms with Crippen LogP contribution in [0.25, 0.3) is 0 Å². The number of carbonyl (C=O) groups excluding carboxylic acids is 1. The summed E-state index contributed by atoms with van der Waals surface area (Å²) in [4.78, 5) is 24.9. The number of carboxylic acids is 1. The molecule has 0 saturated heterocycles. The zero-order chi connectivity index (χ0) is 16.6. The van der Waals surface area contributed by atoms with Crippen LogP contribution in [-0.4, -0.2) is 47.7 Å². The highest BCUT2D eigenvalue weighted by molar-refractivity contribution is 5.86. The van der Waals surface area contributed by atoms with Gasteiger partial charge in [0.15, 0.2) is 11.5 Å². The Bertz CT molecular complexity index is 627. The van der Waals surface area contributed by atoms with Crippen molar-refractivity contribution in [2.75, 3.05) is 19.8 Å². The van der Waals surface area contributed by atoms with Crippen LogP contribution in [0, 0.1) is 5.92 Å². The van der Waals surface area contributed by atoms with Crippen LogP contribution in [0.1, 0.15) is 31.7 Å². The van der Waals surface area contributed by atoms with Crippen LogP contribution < -0.4 is 9.47 Å². The first-order valence-corrected chi connectivity index (χ1v) is 7.89. The molecule has 0 aromatic heterocycles. The van der Waals surface area contributed by atoms with Crippen LogP contribution >= 0.6 is 0 Å². The summed E-state index contributed by atoms with van der Waals surface area (Å²) in [6, 6.07) is 5.65. The van der Waals surface area contributed by atoms with Gasteiger partial charge in [-0.3, -0.25) is 9.59 Å². The van der Waals surface area contributed by atoms with Gasteiger partial charge in [-0.05, 0) is 43.9 Å². The molecule has 23 heavy (non-hydrogen) atoms. The van der Waals surface area contributed by atoms with E-state index in [4.69, 9.17) is 14.6 Å². The fourth-order valence-corrected chi connectivity index (χ4v) is 3.00. The lowest BCUT2D eigenvalue weighted by atomic mass is 10.1. The van der Waals surface area contributed by atoms with E-state index in [-0.39, 0.29) is 30.3 Å². The van der Waals surface area contributed by atoms with Crippen molar-refractivity contribution in [2.24, 2.45) is 5.92 Å². The van der Waals surface area contributed by atoms with Crippen LogP contribution in [0.15, 0.2) is 18.2 Å². The van der Waals surface area contributed by atoms with Crippen LogP contribution in [0.5, 0.6) is 11.5 Å². The van der Waals surface area contributed by atoms with E-state index in [1.807, 2.05) is 32.0 Å². The summed E-state index contributed by atoms with van der Waals surface area (Å²) in [6.45, 7) is 4.50. The number of hydrogen-bond donors (Lipinski definition) is 1. The predicted octanol–water partition coefficient (Wildman–Crippen LogP) is 1.88. The van der Waals surface area contributed by atoms with E-state index in [0.717, 1.165) is 23.5 Å². The molecule has 6 heteroatoms. The number of hydrogen-bond acceptors (Lipinski definition) is 4. The van der Waals surface area contributed by atoms with Gasteiger partial charge in [0.05, 0.1) is 0 Å². The monoisotopic (exact) mass is 319 g/mol. The molecule has 1 fully saturated rings. The molecule has 2 atom stereocenters. The maximum atomic E-state index is 12.6. The lowest BCUT2D eigenvalue weighted by Crippen LogP contribution is -2.41. The molecule has 0 bridgehead atoms. The minimum absolute atomic E-state index is 0.0812. The van der Waals surface area contributed by atoms with Gasteiger partial charge in [-0.25, -0.2) is 0 Å². The summed E-state index contributed by atoms with van der Waals surface area (Å²) in [6.07, 6.45) is 0.751. The Labute approximate surface area is 135 Å². The minimum Gasteiger partial charge on any atom is -0.486 e. The van der Waals surface area contributed by atoms with Crippen LogP contribution in [-0.2, 0) is 9.59 Å². The van der Waals surface area contributed by atoms with E-state index in [1.165, 1.54) is 4.90 Å². The van der Waals surface area contributed by atoms with Crippen molar-refractivity contribution in [1.82, 2.24) is 4.90 Å². The Morgan fingerprint density at radius 2 is 1.96 bits per heavy atom. The van der Waals surface area contributed by atoms with Gasteiger partial charge in [-0.2, -0.15) is 0 Å². The smallest absolute Gasteiger partial charge is 0.323 e. The molecular formula is C17H21NO5. The van der Waals surface area contributed by atoms with Gasteiger partial charge in [0.1, 0.15) is 19.8 Å². The first-order valence-electron chi connectivity index (χ1n) is 7.89. The van der Waals surface area contributed by atoms with Gasteiger partial charge < -0.3 is 19.5 Å². The molecule has 3 rings (SSSR count). The molecule has 1 amide bonds. The average Bonchev–Trinajstić information content (AvgIpc) is 3.31. The van der Waals surface area contributed by atoms with Crippen molar-refractivity contribution in [3.63, 3.8) is 0 Å².